The van der Waals surface area contributed by atoms with Gasteiger partial charge < -0.3 is 15.8 Å². The zero-order chi connectivity index (χ0) is 13.8. The van der Waals surface area contributed by atoms with Gasteiger partial charge in [0.1, 0.15) is 0 Å². The second-order valence-corrected chi connectivity index (χ2v) is 6.09. The normalized spacial score (nSPS) is 11.1. The average Bonchev–Trinajstić information content (AvgIpc) is 2.35. The Labute approximate surface area is 112 Å². The van der Waals surface area contributed by atoms with Gasteiger partial charge in [0.15, 0.2) is 5.75 Å². The molecule has 100 valence electrons. The minimum absolute atomic E-state index is 0.00319. The number of hydrogen-bond acceptors (Lipinski definition) is 4. The Hall–Kier alpha value is -1.36. The van der Waals surface area contributed by atoms with Gasteiger partial charge in [0.05, 0.1) is 18.4 Å². The molecule has 0 heterocycles. The third kappa shape index (κ3) is 3.57. The van der Waals surface area contributed by atoms with E-state index < -0.39 is 0 Å². The predicted octanol–water partition coefficient (Wildman–Crippen LogP) is 2.15. The first-order valence-corrected chi connectivity index (χ1v) is 6.89. The van der Waals surface area contributed by atoms with E-state index in [4.69, 9.17) is 10.5 Å². The highest BCUT2D eigenvalue weighted by atomic mass is 32.2. The molecule has 1 amide bonds. The maximum absolute atomic E-state index is 12.1. The van der Waals surface area contributed by atoms with E-state index in [0.29, 0.717) is 23.5 Å². The SMILES string of the molecule is COc1c(N)cccc1C(=O)NCC(C)(C)SC. The number of nitrogen functional groups attached to an aromatic ring is 1. The fraction of sp³-hybridized carbons (Fsp3) is 0.462. The van der Waals surface area contributed by atoms with Crippen LogP contribution in [0.15, 0.2) is 18.2 Å². The molecule has 0 spiro atoms. The summed E-state index contributed by atoms with van der Waals surface area (Å²) in [7, 11) is 1.51. The van der Waals surface area contributed by atoms with Crippen molar-refractivity contribution in [2.45, 2.75) is 18.6 Å². The van der Waals surface area contributed by atoms with Crippen LogP contribution < -0.4 is 15.8 Å². The first-order valence-electron chi connectivity index (χ1n) is 5.67. The van der Waals surface area contributed by atoms with E-state index in [0.717, 1.165) is 0 Å². The van der Waals surface area contributed by atoms with Crippen LogP contribution in [0.4, 0.5) is 5.69 Å². The van der Waals surface area contributed by atoms with Gasteiger partial charge in [0, 0.05) is 11.3 Å². The van der Waals surface area contributed by atoms with Gasteiger partial charge in [0.2, 0.25) is 0 Å². The number of nitrogens with two attached hydrogens (primary N) is 1. The summed E-state index contributed by atoms with van der Waals surface area (Å²) < 4.78 is 5.17. The zero-order valence-corrected chi connectivity index (χ0v) is 12.1. The predicted molar refractivity (Wildman–Crippen MR) is 77.3 cm³/mol. The molecule has 18 heavy (non-hydrogen) atoms. The number of rotatable bonds is 5. The van der Waals surface area contributed by atoms with Crippen molar-refractivity contribution in [3.05, 3.63) is 23.8 Å². The number of carbonyl (C=O) groups is 1. The Morgan fingerprint density at radius 1 is 1.50 bits per heavy atom. The molecule has 5 heteroatoms. The van der Waals surface area contributed by atoms with Gasteiger partial charge in [0.25, 0.3) is 5.91 Å². The first kappa shape index (κ1) is 14.7. The van der Waals surface area contributed by atoms with Gasteiger partial charge in [-0.1, -0.05) is 6.07 Å². The molecule has 0 aromatic heterocycles. The molecule has 0 radical (unpaired) electrons. The van der Waals surface area contributed by atoms with Crippen molar-refractivity contribution in [2.24, 2.45) is 0 Å². The zero-order valence-electron chi connectivity index (χ0n) is 11.2. The van der Waals surface area contributed by atoms with E-state index in [1.807, 2.05) is 6.26 Å². The fourth-order valence-corrected chi connectivity index (χ4v) is 1.64. The second-order valence-electron chi connectivity index (χ2n) is 4.57. The first-order chi connectivity index (χ1) is 8.41. The highest BCUT2D eigenvalue weighted by Gasteiger charge is 2.19. The van der Waals surface area contributed by atoms with Crippen molar-refractivity contribution in [2.75, 3.05) is 25.6 Å². The molecule has 0 aliphatic carbocycles. The highest BCUT2D eigenvalue weighted by molar-refractivity contribution is 7.99. The molecule has 1 aromatic rings. The molecular formula is C13H20N2O2S. The number of amides is 1. The largest absolute Gasteiger partial charge is 0.494 e. The molecule has 0 bridgehead atoms. The third-order valence-electron chi connectivity index (χ3n) is 2.72. The minimum atomic E-state index is -0.165. The maximum atomic E-state index is 12.1. The Bertz CT molecular complexity index is 433. The highest BCUT2D eigenvalue weighted by Crippen LogP contribution is 2.26. The number of methoxy groups -OCH3 is 1. The van der Waals surface area contributed by atoms with Crippen molar-refractivity contribution in [1.82, 2.24) is 5.32 Å². The van der Waals surface area contributed by atoms with E-state index in [1.54, 1.807) is 30.0 Å². The lowest BCUT2D eigenvalue weighted by atomic mass is 10.1. The molecule has 4 nitrogen and oxygen atoms in total. The molecule has 1 aromatic carbocycles. The van der Waals surface area contributed by atoms with Gasteiger partial charge >= 0.3 is 0 Å². The van der Waals surface area contributed by atoms with Crippen LogP contribution in [0.25, 0.3) is 0 Å². The number of nitrogens with one attached hydrogen (secondary N) is 1. The summed E-state index contributed by atoms with van der Waals surface area (Å²) in [6.45, 7) is 4.74. The fourth-order valence-electron chi connectivity index (χ4n) is 1.42. The van der Waals surface area contributed by atoms with Gasteiger partial charge in [-0.05, 0) is 32.2 Å². The number of para-hydroxylation sites is 1. The van der Waals surface area contributed by atoms with Crippen LogP contribution in [0.5, 0.6) is 5.75 Å². The molecule has 0 atom stereocenters. The number of thioether (sulfide) groups is 1. The lowest BCUT2D eigenvalue weighted by molar-refractivity contribution is 0.0948. The Balaban J connectivity index is 2.82. The topological polar surface area (TPSA) is 64.3 Å². The van der Waals surface area contributed by atoms with Crippen LogP contribution in [0.3, 0.4) is 0 Å². The minimum Gasteiger partial charge on any atom is -0.494 e. The van der Waals surface area contributed by atoms with Gasteiger partial charge in [-0.2, -0.15) is 11.8 Å². The number of benzene rings is 1. The number of hydrogen-bond donors (Lipinski definition) is 2. The average molecular weight is 268 g/mol. The van der Waals surface area contributed by atoms with Gasteiger partial charge in [-0.15, -0.1) is 0 Å². The summed E-state index contributed by atoms with van der Waals surface area (Å²) in [4.78, 5) is 12.1. The summed E-state index contributed by atoms with van der Waals surface area (Å²) >= 11 is 1.71. The molecule has 0 saturated heterocycles. The summed E-state index contributed by atoms with van der Waals surface area (Å²) in [5.41, 5.74) is 6.70. The van der Waals surface area contributed by atoms with Crippen LogP contribution in [-0.4, -0.2) is 30.6 Å². The van der Waals surface area contributed by atoms with Gasteiger partial charge in [-0.25, -0.2) is 0 Å². The summed E-state index contributed by atoms with van der Waals surface area (Å²) in [6, 6.07) is 5.16. The number of ether oxygens (including phenoxy) is 1. The lowest BCUT2D eigenvalue weighted by Crippen LogP contribution is -2.36. The molecule has 3 N–H and O–H groups in total. The van der Waals surface area contributed by atoms with Crippen LogP contribution in [0, 0.1) is 0 Å². The van der Waals surface area contributed by atoms with E-state index in [2.05, 4.69) is 19.2 Å². The molecule has 0 unspecified atom stereocenters. The molecule has 0 aliphatic heterocycles. The lowest BCUT2D eigenvalue weighted by Gasteiger charge is -2.22. The van der Waals surface area contributed by atoms with E-state index in [1.165, 1.54) is 7.11 Å². The van der Waals surface area contributed by atoms with Crippen molar-refractivity contribution in [3.8, 4) is 5.75 Å². The molecule has 1 rings (SSSR count). The maximum Gasteiger partial charge on any atom is 0.255 e. The standard InChI is InChI=1S/C13H20N2O2S/c1-13(2,18-4)8-15-12(16)9-6-5-7-10(14)11(9)17-3/h5-7H,8,14H2,1-4H3,(H,15,16). The van der Waals surface area contributed by atoms with Crippen LogP contribution in [0.1, 0.15) is 24.2 Å². The van der Waals surface area contributed by atoms with E-state index >= 15 is 0 Å². The second kappa shape index (κ2) is 6.00. The summed E-state index contributed by atoms with van der Waals surface area (Å²) in [5.74, 6) is 0.262. The smallest absolute Gasteiger partial charge is 0.255 e. The summed E-state index contributed by atoms with van der Waals surface area (Å²) in [6.07, 6.45) is 2.02. The summed E-state index contributed by atoms with van der Waals surface area (Å²) in [5, 5.41) is 2.90. The van der Waals surface area contributed by atoms with E-state index in [9.17, 15) is 4.79 Å². The van der Waals surface area contributed by atoms with Crippen LogP contribution >= 0.6 is 11.8 Å². The molecular weight excluding hydrogens is 248 g/mol. The Kier molecular flexibility index (Phi) is 4.90. The Morgan fingerprint density at radius 2 is 2.17 bits per heavy atom. The Morgan fingerprint density at radius 3 is 2.72 bits per heavy atom. The van der Waals surface area contributed by atoms with Crippen molar-refractivity contribution in [3.63, 3.8) is 0 Å². The quantitative estimate of drug-likeness (QED) is 0.803. The molecule has 0 aliphatic rings. The van der Waals surface area contributed by atoms with Crippen molar-refractivity contribution < 1.29 is 9.53 Å². The van der Waals surface area contributed by atoms with Crippen molar-refractivity contribution in [1.29, 1.82) is 0 Å². The monoisotopic (exact) mass is 268 g/mol. The molecule has 0 saturated carbocycles. The van der Waals surface area contributed by atoms with Crippen LogP contribution in [0.2, 0.25) is 0 Å². The van der Waals surface area contributed by atoms with Crippen molar-refractivity contribution >= 4 is 23.4 Å². The number of carbonyl (C=O) groups excluding carboxylic acids is 1. The van der Waals surface area contributed by atoms with E-state index in [-0.39, 0.29) is 10.7 Å². The molecule has 0 fully saturated rings. The van der Waals surface area contributed by atoms with Crippen LogP contribution in [-0.2, 0) is 0 Å². The van der Waals surface area contributed by atoms with Gasteiger partial charge in [-0.3, -0.25) is 4.79 Å². The number of anilines is 1. The third-order valence-corrected chi connectivity index (χ3v) is 3.97.